The summed E-state index contributed by atoms with van der Waals surface area (Å²) in [6.45, 7) is 1.95. The molecule has 0 bridgehead atoms. The van der Waals surface area contributed by atoms with Crippen molar-refractivity contribution in [2.75, 3.05) is 0 Å². The Bertz CT molecular complexity index is 538. The molecule has 2 atom stereocenters. The molecule has 3 rings (SSSR count). The van der Waals surface area contributed by atoms with Gasteiger partial charge in [-0.05, 0) is 19.1 Å². The third kappa shape index (κ3) is 1.44. The number of aromatic nitrogens is 1. The molecule has 0 fully saturated rings. The summed E-state index contributed by atoms with van der Waals surface area (Å²) in [7, 11) is 0. The van der Waals surface area contributed by atoms with E-state index in [1.54, 1.807) is 0 Å². The Morgan fingerprint density at radius 1 is 1.38 bits per heavy atom. The zero-order valence-corrected chi connectivity index (χ0v) is 9.05. The summed E-state index contributed by atoms with van der Waals surface area (Å²) in [4.78, 5) is 4.43. The maximum atomic E-state index is 9.97. The second-order valence-corrected chi connectivity index (χ2v) is 4.26. The highest BCUT2D eigenvalue weighted by Gasteiger charge is 2.25. The van der Waals surface area contributed by atoms with Gasteiger partial charge in [0.2, 0.25) is 5.88 Å². The molecule has 1 aromatic carbocycles. The minimum absolute atomic E-state index is 0.0242. The van der Waals surface area contributed by atoms with Gasteiger partial charge in [0.25, 0.3) is 0 Å². The average Bonchev–Trinajstić information content (AvgIpc) is 2.27. The second-order valence-electron chi connectivity index (χ2n) is 4.26. The first-order valence-electron chi connectivity index (χ1n) is 5.48. The molecule has 0 saturated carbocycles. The van der Waals surface area contributed by atoms with Crippen LogP contribution in [0.2, 0.25) is 0 Å². The minimum Gasteiger partial charge on any atom is -0.474 e. The van der Waals surface area contributed by atoms with E-state index in [2.05, 4.69) is 4.98 Å². The summed E-state index contributed by atoms with van der Waals surface area (Å²) in [5.41, 5.74) is 1.71. The summed E-state index contributed by atoms with van der Waals surface area (Å²) in [6, 6.07) is 9.83. The molecule has 0 amide bonds. The van der Waals surface area contributed by atoms with Crippen molar-refractivity contribution in [3.8, 4) is 5.88 Å². The Hall–Kier alpha value is -1.61. The predicted octanol–water partition coefficient (Wildman–Crippen LogP) is 2.44. The summed E-state index contributed by atoms with van der Waals surface area (Å²) in [5, 5.41) is 11.0. The zero-order chi connectivity index (χ0) is 11.1. The molecule has 0 saturated heterocycles. The lowest BCUT2D eigenvalue weighted by Gasteiger charge is -2.26. The van der Waals surface area contributed by atoms with Gasteiger partial charge in [0.1, 0.15) is 6.10 Å². The van der Waals surface area contributed by atoms with Gasteiger partial charge in [-0.25, -0.2) is 4.98 Å². The van der Waals surface area contributed by atoms with E-state index in [9.17, 15) is 5.11 Å². The number of pyridine rings is 1. The maximum Gasteiger partial charge on any atom is 0.220 e. The van der Waals surface area contributed by atoms with Gasteiger partial charge in [-0.1, -0.05) is 18.2 Å². The van der Waals surface area contributed by atoms with Crippen LogP contribution < -0.4 is 4.74 Å². The molecule has 0 unspecified atom stereocenters. The Morgan fingerprint density at radius 2 is 2.19 bits per heavy atom. The Labute approximate surface area is 93.7 Å². The van der Waals surface area contributed by atoms with Gasteiger partial charge >= 0.3 is 0 Å². The smallest absolute Gasteiger partial charge is 0.220 e. The van der Waals surface area contributed by atoms with Gasteiger partial charge in [-0.2, -0.15) is 0 Å². The Balaban J connectivity index is 2.22. The first-order valence-corrected chi connectivity index (χ1v) is 5.48. The Morgan fingerprint density at radius 3 is 3.06 bits per heavy atom. The molecule has 2 heterocycles. The molecule has 1 N–H and O–H groups in total. The Kier molecular flexibility index (Phi) is 2.07. The molecular formula is C13H13NO2. The number of fused-ring (bicyclic) bond motifs is 2. The van der Waals surface area contributed by atoms with Crippen molar-refractivity contribution in [1.29, 1.82) is 0 Å². The number of aliphatic hydroxyl groups is 1. The number of ether oxygens (including phenoxy) is 1. The summed E-state index contributed by atoms with van der Waals surface area (Å²) < 4.78 is 5.64. The van der Waals surface area contributed by atoms with Crippen LogP contribution in [0.1, 0.15) is 25.0 Å². The van der Waals surface area contributed by atoms with E-state index in [-0.39, 0.29) is 6.10 Å². The van der Waals surface area contributed by atoms with Gasteiger partial charge in [0.15, 0.2) is 0 Å². The molecule has 3 heteroatoms. The van der Waals surface area contributed by atoms with Crippen molar-refractivity contribution >= 4 is 10.9 Å². The number of hydrogen-bond donors (Lipinski definition) is 1. The molecule has 0 aliphatic carbocycles. The van der Waals surface area contributed by atoms with Crippen LogP contribution in [0.15, 0.2) is 30.3 Å². The number of aliphatic hydroxyl groups excluding tert-OH is 1. The molecule has 1 aromatic heterocycles. The molecule has 2 aromatic rings. The standard InChI is InChI=1S/C13H13NO2/c1-8-6-12(15)10-7-9-4-2-3-5-11(9)14-13(10)16-8/h2-5,7-8,12,15H,6H2,1H3/t8-,12-/m0/s1. The van der Waals surface area contributed by atoms with Crippen LogP contribution in [0, 0.1) is 0 Å². The molecule has 82 valence electrons. The quantitative estimate of drug-likeness (QED) is 0.734. The van der Waals surface area contributed by atoms with E-state index in [1.807, 2.05) is 37.3 Å². The van der Waals surface area contributed by atoms with Gasteiger partial charge in [-0.15, -0.1) is 0 Å². The SMILES string of the molecule is C[C@H]1C[C@H](O)c2cc3ccccc3nc2O1. The van der Waals surface area contributed by atoms with Crippen LogP contribution >= 0.6 is 0 Å². The van der Waals surface area contributed by atoms with Gasteiger partial charge in [-0.3, -0.25) is 0 Å². The highest BCUT2D eigenvalue weighted by molar-refractivity contribution is 5.80. The van der Waals surface area contributed by atoms with Crippen molar-refractivity contribution in [2.24, 2.45) is 0 Å². The fraction of sp³-hybridized carbons (Fsp3) is 0.308. The van der Waals surface area contributed by atoms with Gasteiger partial charge in [0, 0.05) is 17.4 Å². The van der Waals surface area contributed by atoms with E-state index in [0.717, 1.165) is 16.5 Å². The summed E-state index contributed by atoms with van der Waals surface area (Å²) in [5.74, 6) is 0.574. The van der Waals surface area contributed by atoms with Crippen LogP contribution in [0.25, 0.3) is 10.9 Å². The second kappa shape index (κ2) is 3.46. The molecular weight excluding hydrogens is 202 g/mol. The fourth-order valence-corrected chi connectivity index (χ4v) is 2.13. The average molecular weight is 215 g/mol. The molecule has 1 aliphatic rings. The lowest BCUT2D eigenvalue weighted by molar-refractivity contribution is 0.0713. The lowest BCUT2D eigenvalue weighted by atomic mass is 10.0. The maximum absolute atomic E-state index is 9.97. The monoisotopic (exact) mass is 215 g/mol. The molecule has 16 heavy (non-hydrogen) atoms. The highest BCUT2D eigenvalue weighted by atomic mass is 16.5. The fourth-order valence-electron chi connectivity index (χ4n) is 2.13. The zero-order valence-electron chi connectivity index (χ0n) is 9.05. The van der Waals surface area contributed by atoms with E-state index < -0.39 is 6.10 Å². The number of nitrogens with zero attached hydrogens (tertiary/aromatic N) is 1. The van der Waals surface area contributed by atoms with E-state index in [1.165, 1.54) is 0 Å². The summed E-state index contributed by atoms with van der Waals surface area (Å²) >= 11 is 0. The first kappa shape index (κ1) is 9.60. The number of para-hydroxylation sites is 1. The van der Waals surface area contributed by atoms with Crippen LogP contribution in [-0.4, -0.2) is 16.2 Å². The minimum atomic E-state index is -0.462. The molecule has 1 aliphatic heterocycles. The normalized spacial score (nSPS) is 23.9. The molecule has 0 spiro atoms. The first-order chi connectivity index (χ1) is 7.74. The topological polar surface area (TPSA) is 42.4 Å². The van der Waals surface area contributed by atoms with Gasteiger partial charge in [0.05, 0.1) is 11.6 Å². The van der Waals surface area contributed by atoms with Crippen LogP contribution in [0.5, 0.6) is 5.88 Å². The third-order valence-corrected chi connectivity index (χ3v) is 2.94. The van der Waals surface area contributed by atoms with Crippen molar-refractivity contribution < 1.29 is 9.84 Å². The molecule has 3 nitrogen and oxygen atoms in total. The van der Waals surface area contributed by atoms with E-state index in [0.29, 0.717) is 12.3 Å². The highest BCUT2D eigenvalue weighted by Crippen LogP contribution is 2.35. The van der Waals surface area contributed by atoms with Crippen molar-refractivity contribution in [2.45, 2.75) is 25.6 Å². The van der Waals surface area contributed by atoms with Crippen LogP contribution in [-0.2, 0) is 0 Å². The van der Waals surface area contributed by atoms with E-state index >= 15 is 0 Å². The van der Waals surface area contributed by atoms with Crippen LogP contribution in [0.4, 0.5) is 0 Å². The van der Waals surface area contributed by atoms with Crippen molar-refractivity contribution in [3.63, 3.8) is 0 Å². The largest absolute Gasteiger partial charge is 0.474 e. The van der Waals surface area contributed by atoms with E-state index in [4.69, 9.17) is 4.74 Å². The lowest BCUT2D eigenvalue weighted by Crippen LogP contribution is -2.23. The third-order valence-electron chi connectivity index (χ3n) is 2.94. The number of rotatable bonds is 0. The van der Waals surface area contributed by atoms with Crippen molar-refractivity contribution in [3.05, 3.63) is 35.9 Å². The van der Waals surface area contributed by atoms with Gasteiger partial charge < -0.3 is 9.84 Å². The predicted molar refractivity (Wildman–Crippen MR) is 61.4 cm³/mol. The number of hydrogen-bond acceptors (Lipinski definition) is 3. The molecule has 0 radical (unpaired) electrons. The van der Waals surface area contributed by atoms with Crippen molar-refractivity contribution in [1.82, 2.24) is 4.98 Å². The van der Waals surface area contributed by atoms with Crippen LogP contribution in [0.3, 0.4) is 0 Å². The number of benzene rings is 1. The summed E-state index contributed by atoms with van der Waals surface area (Å²) in [6.07, 6.45) is 0.194.